The first-order chi connectivity index (χ1) is 6.22. The van der Waals surface area contributed by atoms with E-state index in [0.717, 1.165) is 5.56 Å². The van der Waals surface area contributed by atoms with Crippen LogP contribution in [0.5, 0.6) is 0 Å². The Hall–Kier alpha value is -1.71. The zero-order valence-corrected chi connectivity index (χ0v) is 7.41. The Balaban J connectivity index is 2.50. The molecule has 0 atom stereocenters. The van der Waals surface area contributed by atoms with Gasteiger partial charge in [0.05, 0.1) is 7.11 Å². The van der Waals surface area contributed by atoms with Gasteiger partial charge < -0.3 is 15.8 Å². The molecular formula is C9H12N2O2. The number of rotatable bonds is 2. The van der Waals surface area contributed by atoms with Gasteiger partial charge in [-0.2, -0.15) is 0 Å². The van der Waals surface area contributed by atoms with E-state index in [9.17, 15) is 4.79 Å². The summed E-state index contributed by atoms with van der Waals surface area (Å²) in [7, 11) is 1.33. The molecule has 0 unspecified atom stereocenters. The highest BCUT2D eigenvalue weighted by atomic mass is 16.5. The first-order valence-electron chi connectivity index (χ1n) is 3.88. The van der Waals surface area contributed by atoms with E-state index in [-0.39, 0.29) is 0 Å². The van der Waals surface area contributed by atoms with Crippen molar-refractivity contribution in [2.24, 2.45) is 0 Å². The van der Waals surface area contributed by atoms with E-state index >= 15 is 0 Å². The largest absolute Gasteiger partial charge is 0.453 e. The van der Waals surface area contributed by atoms with E-state index in [2.05, 4.69) is 10.1 Å². The molecule has 1 aromatic carbocycles. The maximum Gasteiger partial charge on any atom is 0.407 e. The first kappa shape index (κ1) is 9.38. The molecule has 0 saturated heterocycles. The number of carbonyl (C=O) groups excluding carboxylic acids is 1. The summed E-state index contributed by atoms with van der Waals surface area (Å²) in [5, 5.41) is 2.56. The predicted octanol–water partition coefficient (Wildman–Crippen LogP) is 1.12. The molecule has 4 nitrogen and oxygen atoms in total. The Morgan fingerprint density at radius 3 is 3.00 bits per heavy atom. The molecule has 0 aliphatic carbocycles. The monoisotopic (exact) mass is 180 g/mol. The fourth-order valence-corrected chi connectivity index (χ4v) is 0.949. The van der Waals surface area contributed by atoms with E-state index in [4.69, 9.17) is 5.73 Å². The summed E-state index contributed by atoms with van der Waals surface area (Å²) in [6.45, 7) is 0.428. The number of alkyl carbamates (subject to hydrolysis) is 1. The highest BCUT2D eigenvalue weighted by Crippen LogP contribution is 2.05. The van der Waals surface area contributed by atoms with Crippen LogP contribution in [0.25, 0.3) is 0 Å². The van der Waals surface area contributed by atoms with Crippen molar-refractivity contribution in [3.63, 3.8) is 0 Å². The van der Waals surface area contributed by atoms with Gasteiger partial charge in [-0.05, 0) is 17.7 Å². The molecular weight excluding hydrogens is 168 g/mol. The van der Waals surface area contributed by atoms with Gasteiger partial charge in [-0.3, -0.25) is 0 Å². The van der Waals surface area contributed by atoms with Crippen LogP contribution in [0.15, 0.2) is 24.3 Å². The van der Waals surface area contributed by atoms with Gasteiger partial charge in [0.25, 0.3) is 0 Å². The van der Waals surface area contributed by atoms with Crippen molar-refractivity contribution in [3.8, 4) is 0 Å². The summed E-state index contributed by atoms with van der Waals surface area (Å²) >= 11 is 0. The smallest absolute Gasteiger partial charge is 0.407 e. The molecule has 13 heavy (non-hydrogen) atoms. The van der Waals surface area contributed by atoms with Gasteiger partial charge in [-0.15, -0.1) is 0 Å². The van der Waals surface area contributed by atoms with Crippen LogP contribution in [0.2, 0.25) is 0 Å². The zero-order chi connectivity index (χ0) is 9.68. The molecule has 0 aliphatic heterocycles. The molecule has 1 rings (SSSR count). The van der Waals surface area contributed by atoms with Gasteiger partial charge in [0.2, 0.25) is 0 Å². The number of nitrogens with two attached hydrogens (primary N) is 1. The second-order valence-electron chi connectivity index (χ2n) is 2.59. The fourth-order valence-electron chi connectivity index (χ4n) is 0.949. The van der Waals surface area contributed by atoms with E-state index in [1.165, 1.54) is 7.11 Å². The average Bonchev–Trinajstić information content (AvgIpc) is 2.14. The molecule has 1 amide bonds. The number of hydrogen-bond acceptors (Lipinski definition) is 3. The lowest BCUT2D eigenvalue weighted by molar-refractivity contribution is 0.170. The molecule has 0 aromatic heterocycles. The number of hydrogen-bond donors (Lipinski definition) is 2. The molecule has 0 fully saturated rings. The van der Waals surface area contributed by atoms with E-state index < -0.39 is 6.09 Å². The summed E-state index contributed by atoms with van der Waals surface area (Å²) in [6.07, 6.45) is -0.442. The number of carbonyl (C=O) groups is 1. The summed E-state index contributed by atoms with van der Waals surface area (Å²) in [6, 6.07) is 7.31. The molecule has 0 heterocycles. The lowest BCUT2D eigenvalue weighted by Gasteiger charge is -2.03. The third kappa shape index (κ3) is 3.02. The van der Waals surface area contributed by atoms with Crippen LogP contribution >= 0.6 is 0 Å². The second kappa shape index (κ2) is 4.35. The van der Waals surface area contributed by atoms with E-state index in [1.807, 2.05) is 12.1 Å². The number of nitrogens with one attached hydrogen (secondary N) is 1. The number of ether oxygens (including phenoxy) is 1. The third-order valence-electron chi connectivity index (χ3n) is 1.57. The predicted molar refractivity (Wildman–Crippen MR) is 50.1 cm³/mol. The van der Waals surface area contributed by atoms with Crippen LogP contribution < -0.4 is 11.1 Å². The molecule has 0 spiro atoms. The number of amides is 1. The average molecular weight is 180 g/mol. The molecule has 0 saturated carbocycles. The number of methoxy groups -OCH3 is 1. The fraction of sp³-hybridized carbons (Fsp3) is 0.222. The lowest BCUT2D eigenvalue weighted by Crippen LogP contribution is -2.22. The van der Waals surface area contributed by atoms with Crippen molar-refractivity contribution in [3.05, 3.63) is 29.8 Å². The van der Waals surface area contributed by atoms with Crippen molar-refractivity contribution in [2.75, 3.05) is 12.8 Å². The highest BCUT2D eigenvalue weighted by molar-refractivity contribution is 5.66. The van der Waals surface area contributed by atoms with Gasteiger partial charge in [0.15, 0.2) is 0 Å². The summed E-state index contributed by atoms with van der Waals surface area (Å²) in [5.41, 5.74) is 7.19. The summed E-state index contributed by atoms with van der Waals surface area (Å²) < 4.78 is 4.42. The molecule has 4 heteroatoms. The van der Waals surface area contributed by atoms with Crippen LogP contribution in [-0.4, -0.2) is 13.2 Å². The number of anilines is 1. The van der Waals surface area contributed by atoms with Gasteiger partial charge in [0, 0.05) is 12.2 Å². The molecule has 0 radical (unpaired) electrons. The molecule has 0 aliphatic rings. The summed E-state index contributed by atoms with van der Waals surface area (Å²) in [5.74, 6) is 0. The lowest BCUT2D eigenvalue weighted by atomic mass is 10.2. The van der Waals surface area contributed by atoms with Crippen LogP contribution in [-0.2, 0) is 11.3 Å². The molecule has 1 aromatic rings. The highest BCUT2D eigenvalue weighted by Gasteiger charge is 1.98. The zero-order valence-electron chi connectivity index (χ0n) is 7.41. The van der Waals surface area contributed by atoms with Crippen LogP contribution in [0.1, 0.15) is 5.56 Å². The minimum atomic E-state index is -0.442. The molecule has 70 valence electrons. The quantitative estimate of drug-likeness (QED) is 0.670. The van der Waals surface area contributed by atoms with Crippen molar-refractivity contribution < 1.29 is 9.53 Å². The SMILES string of the molecule is COC(=O)NCc1cccc(N)c1. The van der Waals surface area contributed by atoms with Crippen LogP contribution in [0.3, 0.4) is 0 Å². The Morgan fingerprint density at radius 1 is 1.62 bits per heavy atom. The van der Waals surface area contributed by atoms with Crippen molar-refractivity contribution in [1.29, 1.82) is 0 Å². The minimum absolute atomic E-state index is 0.428. The Labute approximate surface area is 76.7 Å². The van der Waals surface area contributed by atoms with E-state index in [1.54, 1.807) is 12.1 Å². The van der Waals surface area contributed by atoms with Gasteiger partial charge in [-0.25, -0.2) is 4.79 Å². The standard InChI is InChI=1S/C9H12N2O2/c1-13-9(12)11-6-7-3-2-4-8(10)5-7/h2-5H,6,10H2,1H3,(H,11,12). The Bertz CT molecular complexity index is 299. The molecule has 0 bridgehead atoms. The van der Waals surface area contributed by atoms with Crippen LogP contribution in [0, 0.1) is 0 Å². The first-order valence-corrected chi connectivity index (χ1v) is 3.88. The minimum Gasteiger partial charge on any atom is -0.453 e. The molecule has 3 N–H and O–H groups in total. The van der Waals surface area contributed by atoms with Crippen molar-refractivity contribution >= 4 is 11.8 Å². The number of benzene rings is 1. The van der Waals surface area contributed by atoms with E-state index in [0.29, 0.717) is 12.2 Å². The van der Waals surface area contributed by atoms with Gasteiger partial charge in [0.1, 0.15) is 0 Å². The Morgan fingerprint density at radius 2 is 2.38 bits per heavy atom. The Kier molecular flexibility index (Phi) is 3.14. The van der Waals surface area contributed by atoms with Gasteiger partial charge in [-0.1, -0.05) is 12.1 Å². The van der Waals surface area contributed by atoms with Crippen LogP contribution in [0.4, 0.5) is 10.5 Å². The normalized spacial score (nSPS) is 9.31. The summed E-state index contributed by atoms with van der Waals surface area (Å²) in [4.78, 5) is 10.7. The van der Waals surface area contributed by atoms with Crippen molar-refractivity contribution in [1.82, 2.24) is 5.32 Å². The number of nitrogen functional groups attached to an aromatic ring is 1. The van der Waals surface area contributed by atoms with Crippen molar-refractivity contribution in [2.45, 2.75) is 6.54 Å². The second-order valence-corrected chi connectivity index (χ2v) is 2.59. The third-order valence-corrected chi connectivity index (χ3v) is 1.57. The maximum atomic E-state index is 10.7. The topological polar surface area (TPSA) is 64.3 Å². The maximum absolute atomic E-state index is 10.7. The van der Waals surface area contributed by atoms with Gasteiger partial charge >= 0.3 is 6.09 Å².